The van der Waals surface area contributed by atoms with Crippen molar-refractivity contribution >= 4 is 34.6 Å². The topological polar surface area (TPSA) is 33.0 Å². The molecule has 1 N–H and O–H groups in total. The van der Waals surface area contributed by atoms with Crippen molar-refractivity contribution in [3.63, 3.8) is 0 Å². The molecule has 0 radical (unpaired) electrons. The number of ketones is 1. The maximum atomic E-state index is 13.2. The Kier molecular flexibility index (Phi) is 6.17. The molecule has 0 bridgehead atoms. The minimum absolute atomic E-state index is 0.0519. The molecule has 3 rings (SSSR count). The monoisotopic (exact) mass is 385 g/mol. The summed E-state index contributed by atoms with van der Waals surface area (Å²) in [4.78, 5) is 13.7. The Labute approximate surface area is 164 Å². The van der Waals surface area contributed by atoms with E-state index in [2.05, 4.69) is 24.2 Å². The Hall–Kier alpha value is -2.04. The molecule has 1 aliphatic carbocycles. The molecule has 1 aromatic carbocycles. The van der Waals surface area contributed by atoms with Crippen molar-refractivity contribution in [2.45, 2.75) is 31.7 Å². The summed E-state index contributed by atoms with van der Waals surface area (Å²) in [5.74, 6) is -0.0519. The zero-order valence-electron chi connectivity index (χ0n) is 14.6. The maximum Gasteiger partial charge on any atom is 0.270 e. The van der Waals surface area contributed by atoms with Crippen LogP contribution in [0.15, 0.2) is 55.4 Å². The SMILES string of the molecule is C=CCNC(=S)C(C(=O)c1ccc(Cl)cc1)[n+]1ccc2c(c1)CCCC2. The first-order chi connectivity index (χ1) is 12.6. The number of rotatable bonds is 6. The van der Waals surface area contributed by atoms with Crippen molar-refractivity contribution in [3.8, 4) is 0 Å². The first-order valence-corrected chi connectivity index (χ1v) is 9.59. The number of Topliss-reactive ketones (excluding diaryl/α,β-unsaturated/α-hetero) is 1. The highest BCUT2D eigenvalue weighted by molar-refractivity contribution is 7.80. The highest BCUT2D eigenvalue weighted by atomic mass is 35.5. The number of hydrogen-bond acceptors (Lipinski definition) is 2. The fourth-order valence-corrected chi connectivity index (χ4v) is 3.72. The van der Waals surface area contributed by atoms with Gasteiger partial charge in [-0.25, -0.2) is 0 Å². The van der Waals surface area contributed by atoms with Gasteiger partial charge in [0.15, 0.2) is 17.4 Å². The zero-order chi connectivity index (χ0) is 18.5. The van der Waals surface area contributed by atoms with Gasteiger partial charge < -0.3 is 5.32 Å². The van der Waals surface area contributed by atoms with Crippen LogP contribution in [0.25, 0.3) is 0 Å². The first kappa shape index (κ1) is 18.7. The van der Waals surface area contributed by atoms with Crippen LogP contribution in [-0.2, 0) is 12.8 Å². The Morgan fingerprint density at radius 2 is 1.92 bits per heavy atom. The molecule has 1 heterocycles. The summed E-state index contributed by atoms with van der Waals surface area (Å²) in [5.41, 5.74) is 3.27. The van der Waals surface area contributed by atoms with Gasteiger partial charge in [-0.2, -0.15) is 4.57 Å². The molecule has 26 heavy (non-hydrogen) atoms. The van der Waals surface area contributed by atoms with Gasteiger partial charge in [0.1, 0.15) is 0 Å². The molecule has 1 aliphatic rings. The number of thiocarbonyl (C=S) groups is 1. The fraction of sp³-hybridized carbons (Fsp3) is 0.286. The molecule has 2 aromatic rings. The van der Waals surface area contributed by atoms with Gasteiger partial charge in [0, 0.05) is 28.8 Å². The lowest BCUT2D eigenvalue weighted by atomic mass is 9.93. The number of nitrogens with one attached hydrogen (secondary N) is 1. The largest absolute Gasteiger partial charge is 0.370 e. The molecule has 0 spiro atoms. The molecular weight excluding hydrogens is 364 g/mol. The predicted molar refractivity (Wildman–Crippen MR) is 109 cm³/mol. The van der Waals surface area contributed by atoms with Crippen LogP contribution in [-0.4, -0.2) is 17.3 Å². The Bertz CT molecular complexity index is 832. The van der Waals surface area contributed by atoms with Crippen LogP contribution in [0.3, 0.4) is 0 Å². The number of nitrogens with zero attached hydrogens (tertiary/aromatic N) is 1. The Morgan fingerprint density at radius 3 is 2.62 bits per heavy atom. The van der Waals surface area contributed by atoms with Crippen LogP contribution < -0.4 is 9.88 Å². The van der Waals surface area contributed by atoms with Gasteiger partial charge in [0.2, 0.25) is 5.78 Å². The molecule has 0 amide bonds. The van der Waals surface area contributed by atoms with E-state index in [9.17, 15) is 4.79 Å². The van der Waals surface area contributed by atoms with E-state index in [-0.39, 0.29) is 5.78 Å². The van der Waals surface area contributed by atoms with Crippen molar-refractivity contribution < 1.29 is 9.36 Å². The number of fused-ring (bicyclic) bond motifs is 1. The highest BCUT2D eigenvalue weighted by Gasteiger charge is 2.33. The van der Waals surface area contributed by atoms with Crippen LogP contribution in [0, 0.1) is 0 Å². The second-order valence-electron chi connectivity index (χ2n) is 6.46. The number of carbonyl (C=O) groups is 1. The minimum Gasteiger partial charge on any atom is -0.370 e. The van der Waals surface area contributed by atoms with Crippen molar-refractivity contribution in [3.05, 3.63) is 77.1 Å². The lowest BCUT2D eigenvalue weighted by molar-refractivity contribution is -0.692. The number of halogens is 1. The fourth-order valence-electron chi connectivity index (χ4n) is 3.28. The average Bonchev–Trinajstić information content (AvgIpc) is 2.67. The smallest absolute Gasteiger partial charge is 0.270 e. The molecule has 0 saturated carbocycles. The third-order valence-corrected chi connectivity index (χ3v) is 5.27. The Balaban J connectivity index is 1.97. The van der Waals surface area contributed by atoms with Crippen molar-refractivity contribution in [1.82, 2.24) is 5.32 Å². The van der Waals surface area contributed by atoms with Gasteiger partial charge >= 0.3 is 0 Å². The molecule has 0 fully saturated rings. The molecule has 0 aliphatic heterocycles. The summed E-state index contributed by atoms with van der Waals surface area (Å²) in [5, 5.41) is 3.72. The summed E-state index contributed by atoms with van der Waals surface area (Å²) in [6.07, 6.45) is 10.3. The number of benzene rings is 1. The van der Waals surface area contributed by atoms with Crippen molar-refractivity contribution in [1.29, 1.82) is 0 Å². The first-order valence-electron chi connectivity index (χ1n) is 8.81. The number of carbonyl (C=O) groups excluding carboxylic acids is 1. The van der Waals surface area contributed by atoms with Gasteiger partial charge in [0.25, 0.3) is 6.04 Å². The number of hydrogen-bond donors (Lipinski definition) is 1. The second-order valence-corrected chi connectivity index (χ2v) is 7.33. The average molecular weight is 386 g/mol. The van der Waals surface area contributed by atoms with Crippen LogP contribution >= 0.6 is 23.8 Å². The number of aromatic nitrogens is 1. The normalized spacial score (nSPS) is 14.2. The molecular formula is C21H22ClN2OS+. The van der Waals surface area contributed by atoms with E-state index in [0.717, 1.165) is 12.8 Å². The van der Waals surface area contributed by atoms with Crippen LogP contribution in [0.4, 0.5) is 0 Å². The lowest BCUT2D eigenvalue weighted by Gasteiger charge is -2.18. The standard InChI is InChI=1S/C21H21ClN2OS/c1-2-12-23-21(26)19(20(25)16-7-9-18(22)10-8-16)24-13-11-15-5-3-4-6-17(15)14-24/h2,7-11,13-14,19H,1,3-6,12H2/p+1. The van der Waals surface area contributed by atoms with E-state index in [1.54, 1.807) is 30.3 Å². The molecule has 5 heteroatoms. The Morgan fingerprint density at radius 1 is 1.23 bits per heavy atom. The van der Waals surface area contributed by atoms with Crippen LogP contribution in [0.2, 0.25) is 5.02 Å². The second kappa shape index (κ2) is 8.56. The predicted octanol–water partition coefficient (Wildman–Crippen LogP) is 4.03. The molecule has 134 valence electrons. The van der Waals surface area contributed by atoms with E-state index in [0.29, 0.717) is 22.1 Å². The molecule has 1 aromatic heterocycles. The number of aryl methyl sites for hydroxylation is 2. The van der Waals surface area contributed by atoms with E-state index < -0.39 is 6.04 Å². The van der Waals surface area contributed by atoms with E-state index in [4.69, 9.17) is 23.8 Å². The van der Waals surface area contributed by atoms with E-state index in [1.165, 1.54) is 24.0 Å². The van der Waals surface area contributed by atoms with Crippen molar-refractivity contribution in [2.75, 3.05) is 6.54 Å². The van der Waals surface area contributed by atoms with Gasteiger partial charge in [-0.1, -0.05) is 29.9 Å². The molecule has 3 nitrogen and oxygen atoms in total. The van der Waals surface area contributed by atoms with E-state index in [1.807, 2.05) is 10.8 Å². The van der Waals surface area contributed by atoms with Crippen LogP contribution in [0.5, 0.6) is 0 Å². The third kappa shape index (κ3) is 4.19. The quantitative estimate of drug-likeness (QED) is 0.352. The maximum absolute atomic E-state index is 13.2. The highest BCUT2D eigenvalue weighted by Crippen LogP contribution is 2.20. The summed E-state index contributed by atoms with van der Waals surface area (Å²) < 4.78 is 1.93. The van der Waals surface area contributed by atoms with Crippen molar-refractivity contribution in [2.24, 2.45) is 0 Å². The van der Waals surface area contributed by atoms with Gasteiger partial charge in [0.05, 0.1) is 0 Å². The van der Waals surface area contributed by atoms with Gasteiger partial charge in [-0.15, -0.1) is 6.58 Å². The molecule has 0 saturated heterocycles. The van der Waals surface area contributed by atoms with Gasteiger partial charge in [-0.3, -0.25) is 4.79 Å². The van der Waals surface area contributed by atoms with Crippen LogP contribution in [0.1, 0.15) is 40.4 Å². The molecule has 1 unspecified atom stereocenters. The summed E-state index contributed by atoms with van der Waals surface area (Å²) >= 11 is 11.5. The summed E-state index contributed by atoms with van der Waals surface area (Å²) in [7, 11) is 0. The third-order valence-electron chi connectivity index (χ3n) is 4.65. The van der Waals surface area contributed by atoms with E-state index >= 15 is 0 Å². The zero-order valence-corrected chi connectivity index (χ0v) is 16.2. The summed E-state index contributed by atoms with van der Waals surface area (Å²) in [6.45, 7) is 4.23. The minimum atomic E-state index is -0.585. The van der Waals surface area contributed by atoms with Gasteiger partial charge in [-0.05, 0) is 55.5 Å². The molecule has 1 atom stereocenters. The number of pyridine rings is 1. The lowest BCUT2D eigenvalue weighted by Crippen LogP contribution is -2.51. The summed E-state index contributed by atoms with van der Waals surface area (Å²) in [6, 6.07) is 8.47.